The Kier molecular flexibility index (Phi) is 12.0. The largest absolute Gasteiger partial charge is 0.467 e. The molecule has 0 fully saturated rings. The lowest BCUT2D eigenvalue weighted by atomic mass is 10.1. The minimum atomic E-state index is -0.119. The molecule has 0 unspecified atom stereocenters. The summed E-state index contributed by atoms with van der Waals surface area (Å²) in [7, 11) is 1.76. The molecule has 0 saturated carbocycles. The Morgan fingerprint density at radius 2 is 1.89 bits per heavy atom. The molecule has 0 aliphatic heterocycles. The summed E-state index contributed by atoms with van der Waals surface area (Å²) < 4.78 is 5.23. The Morgan fingerprint density at radius 3 is 2.61 bits per heavy atom. The first kappa shape index (κ1) is 24.0. The van der Waals surface area contributed by atoms with E-state index in [2.05, 4.69) is 27.9 Å². The highest BCUT2D eigenvalue weighted by molar-refractivity contribution is 14.0. The van der Waals surface area contributed by atoms with Crippen molar-refractivity contribution in [1.82, 2.24) is 16.0 Å². The fourth-order valence-electron chi connectivity index (χ4n) is 2.67. The molecule has 2 aromatic rings. The molecule has 154 valence electrons. The molecule has 1 amide bonds. The Labute approximate surface area is 184 Å². The number of carbonyl (C=O) groups is 1. The maximum absolute atomic E-state index is 12.3. The van der Waals surface area contributed by atoms with E-state index in [1.807, 2.05) is 30.3 Å². The van der Waals surface area contributed by atoms with Crippen LogP contribution in [-0.2, 0) is 13.1 Å². The summed E-state index contributed by atoms with van der Waals surface area (Å²) in [5, 5.41) is 9.47. The van der Waals surface area contributed by atoms with Crippen LogP contribution in [0.5, 0.6) is 0 Å². The Hall–Kier alpha value is -2.03. The molecule has 0 bridgehead atoms. The van der Waals surface area contributed by atoms with Gasteiger partial charge in [0.15, 0.2) is 5.96 Å². The van der Waals surface area contributed by atoms with Crippen LogP contribution in [0.3, 0.4) is 0 Å². The monoisotopic (exact) mass is 498 g/mol. The SMILES string of the molecule is CCCCCCNC(=NC)NCc1cccc(C(=O)NCc2ccco2)c1.I. The summed E-state index contributed by atoms with van der Waals surface area (Å²) in [5.74, 6) is 1.39. The molecule has 28 heavy (non-hydrogen) atoms. The molecule has 1 heterocycles. The van der Waals surface area contributed by atoms with E-state index in [0.717, 1.165) is 30.2 Å². The fraction of sp³-hybridized carbons (Fsp3) is 0.429. The maximum atomic E-state index is 12.3. The zero-order valence-electron chi connectivity index (χ0n) is 16.7. The molecule has 0 radical (unpaired) electrons. The number of amides is 1. The topological polar surface area (TPSA) is 78.7 Å². The predicted octanol–water partition coefficient (Wildman–Crippen LogP) is 4.07. The summed E-state index contributed by atoms with van der Waals surface area (Å²) in [6, 6.07) is 11.2. The van der Waals surface area contributed by atoms with Gasteiger partial charge in [-0.05, 0) is 36.2 Å². The van der Waals surface area contributed by atoms with E-state index in [9.17, 15) is 4.79 Å². The van der Waals surface area contributed by atoms with Gasteiger partial charge in [-0.1, -0.05) is 38.3 Å². The number of hydrogen-bond donors (Lipinski definition) is 3. The van der Waals surface area contributed by atoms with Crippen molar-refractivity contribution in [2.45, 2.75) is 45.7 Å². The average Bonchev–Trinajstić information content (AvgIpc) is 3.22. The number of nitrogens with one attached hydrogen (secondary N) is 3. The molecule has 0 saturated heterocycles. The first-order valence-electron chi connectivity index (χ1n) is 9.57. The summed E-state index contributed by atoms with van der Waals surface area (Å²) in [4.78, 5) is 16.5. The van der Waals surface area contributed by atoms with Gasteiger partial charge in [-0.25, -0.2) is 0 Å². The minimum Gasteiger partial charge on any atom is -0.467 e. The van der Waals surface area contributed by atoms with Crippen molar-refractivity contribution in [2.75, 3.05) is 13.6 Å². The third kappa shape index (κ3) is 8.77. The summed E-state index contributed by atoms with van der Waals surface area (Å²) in [6.07, 6.45) is 6.47. The predicted molar refractivity (Wildman–Crippen MR) is 124 cm³/mol. The van der Waals surface area contributed by atoms with Gasteiger partial charge in [0.05, 0.1) is 12.8 Å². The van der Waals surface area contributed by atoms with E-state index in [0.29, 0.717) is 18.7 Å². The second-order valence-corrected chi connectivity index (χ2v) is 6.38. The van der Waals surface area contributed by atoms with E-state index < -0.39 is 0 Å². The Morgan fingerprint density at radius 1 is 1.04 bits per heavy atom. The minimum absolute atomic E-state index is 0. The van der Waals surface area contributed by atoms with Gasteiger partial charge in [-0.15, -0.1) is 24.0 Å². The molecule has 1 aromatic heterocycles. The highest BCUT2D eigenvalue weighted by Crippen LogP contribution is 2.06. The number of furan rings is 1. The van der Waals surface area contributed by atoms with Crippen molar-refractivity contribution < 1.29 is 9.21 Å². The molecule has 3 N–H and O–H groups in total. The maximum Gasteiger partial charge on any atom is 0.251 e. The van der Waals surface area contributed by atoms with Crippen molar-refractivity contribution in [1.29, 1.82) is 0 Å². The van der Waals surface area contributed by atoms with Crippen LogP contribution >= 0.6 is 24.0 Å². The van der Waals surface area contributed by atoms with Crippen molar-refractivity contribution in [2.24, 2.45) is 4.99 Å². The summed E-state index contributed by atoms with van der Waals surface area (Å²) >= 11 is 0. The number of aliphatic imine (C=N–C) groups is 1. The zero-order valence-corrected chi connectivity index (χ0v) is 19.0. The lowest BCUT2D eigenvalue weighted by molar-refractivity contribution is 0.0948. The summed E-state index contributed by atoms with van der Waals surface area (Å²) in [5.41, 5.74) is 1.65. The normalized spacial score (nSPS) is 10.9. The van der Waals surface area contributed by atoms with Crippen LogP contribution in [0.15, 0.2) is 52.1 Å². The number of rotatable bonds is 10. The van der Waals surface area contributed by atoms with Gasteiger partial charge in [0.2, 0.25) is 0 Å². The molecular weight excluding hydrogens is 467 g/mol. The van der Waals surface area contributed by atoms with Crippen LogP contribution in [0, 0.1) is 0 Å². The van der Waals surface area contributed by atoms with Crippen LogP contribution in [0.2, 0.25) is 0 Å². The second-order valence-electron chi connectivity index (χ2n) is 6.38. The number of nitrogens with zero attached hydrogens (tertiary/aromatic N) is 1. The Balaban J connectivity index is 0.00000392. The number of unbranched alkanes of at least 4 members (excludes halogenated alkanes) is 3. The molecule has 7 heteroatoms. The van der Waals surface area contributed by atoms with Crippen LogP contribution in [0.25, 0.3) is 0 Å². The highest BCUT2D eigenvalue weighted by Gasteiger charge is 2.07. The van der Waals surface area contributed by atoms with Crippen molar-refractivity contribution >= 4 is 35.8 Å². The molecular formula is C21H31IN4O2. The number of hydrogen-bond acceptors (Lipinski definition) is 3. The third-order valence-corrected chi connectivity index (χ3v) is 4.20. The van der Waals surface area contributed by atoms with Crippen LogP contribution in [-0.4, -0.2) is 25.5 Å². The van der Waals surface area contributed by atoms with E-state index in [-0.39, 0.29) is 29.9 Å². The molecule has 6 nitrogen and oxygen atoms in total. The van der Waals surface area contributed by atoms with Crippen molar-refractivity contribution in [3.05, 3.63) is 59.5 Å². The van der Waals surface area contributed by atoms with E-state index in [4.69, 9.17) is 4.42 Å². The smallest absolute Gasteiger partial charge is 0.251 e. The molecule has 0 atom stereocenters. The van der Waals surface area contributed by atoms with Gasteiger partial charge in [0, 0.05) is 25.7 Å². The lowest BCUT2D eigenvalue weighted by Gasteiger charge is -2.12. The van der Waals surface area contributed by atoms with Crippen LogP contribution in [0.4, 0.5) is 0 Å². The zero-order chi connectivity index (χ0) is 19.3. The number of benzene rings is 1. The number of guanidine groups is 1. The van der Waals surface area contributed by atoms with Crippen molar-refractivity contribution in [3.63, 3.8) is 0 Å². The van der Waals surface area contributed by atoms with E-state index >= 15 is 0 Å². The summed E-state index contributed by atoms with van der Waals surface area (Å²) in [6.45, 7) is 4.10. The third-order valence-electron chi connectivity index (χ3n) is 4.20. The lowest BCUT2D eigenvalue weighted by Crippen LogP contribution is -2.37. The van der Waals surface area contributed by atoms with Gasteiger partial charge < -0.3 is 20.4 Å². The molecule has 0 spiro atoms. The number of carbonyl (C=O) groups excluding carboxylic acids is 1. The van der Waals surface area contributed by atoms with E-state index in [1.54, 1.807) is 19.4 Å². The number of halogens is 1. The molecule has 0 aliphatic rings. The standard InChI is InChI=1S/C21H30N4O2.HI/c1-3-4-5-6-12-23-21(22-2)25-15-17-9-7-10-18(14-17)20(26)24-16-19-11-8-13-27-19;/h7-11,13-14H,3-6,12,15-16H2,1-2H3,(H,24,26)(H2,22,23,25);1H. The Bertz CT molecular complexity index is 717. The first-order chi connectivity index (χ1) is 13.2. The van der Waals surface area contributed by atoms with Gasteiger partial charge in [0.25, 0.3) is 5.91 Å². The van der Waals surface area contributed by atoms with Gasteiger partial charge in [0.1, 0.15) is 5.76 Å². The molecule has 2 rings (SSSR count). The molecule has 0 aliphatic carbocycles. The quantitative estimate of drug-likeness (QED) is 0.200. The van der Waals surface area contributed by atoms with Crippen molar-refractivity contribution in [3.8, 4) is 0 Å². The first-order valence-corrected chi connectivity index (χ1v) is 9.57. The second kappa shape index (κ2) is 14.0. The van der Waals surface area contributed by atoms with Gasteiger partial charge in [-0.3, -0.25) is 9.79 Å². The van der Waals surface area contributed by atoms with Gasteiger partial charge >= 0.3 is 0 Å². The fourth-order valence-corrected chi connectivity index (χ4v) is 2.67. The molecule has 1 aromatic carbocycles. The highest BCUT2D eigenvalue weighted by atomic mass is 127. The van der Waals surface area contributed by atoms with Gasteiger partial charge in [-0.2, -0.15) is 0 Å². The van der Waals surface area contributed by atoms with Crippen LogP contribution < -0.4 is 16.0 Å². The van der Waals surface area contributed by atoms with E-state index in [1.165, 1.54) is 19.3 Å². The van der Waals surface area contributed by atoms with Crippen LogP contribution in [0.1, 0.15) is 54.3 Å². The average molecular weight is 498 g/mol.